The number of nitrogens with zero attached hydrogens (tertiary/aromatic N) is 2. The third-order valence-electron chi connectivity index (χ3n) is 5.28. The van der Waals surface area contributed by atoms with E-state index in [4.69, 9.17) is 9.47 Å². The number of piperazine rings is 1. The maximum Gasteiger partial charge on any atom is 0.253 e. The molecule has 2 heterocycles. The van der Waals surface area contributed by atoms with E-state index >= 15 is 0 Å². The van der Waals surface area contributed by atoms with E-state index in [-0.39, 0.29) is 5.91 Å². The van der Waals surface area contributed by atoms with Crippen LogP contribution < -0.4 is 14.4 Å². The van der Waals surface area contributed by atoms with Gasteiger partial charge in [0.15, 0.2) is 11.5 Å². The van der Waals surface area contributed by atoms with Gasteiger partial charge in [-0.2, -0.15) is 0 Å². The Balaban J connectivity index is 1.39. The fourth-order valence-electron chi connectivity index (χ4n) is 3.59. The summed E-state index contributed by atoms with van der Waals surface area (Å²) >= 11 is 0. The first-order valence-electron chi connectivity index (χ1n) is 9.65. The summed E-state index contributed by atoms with van der Waals surface area (Å²) in [6.07, 6.45) is 0. The van der Waals surface area contributed by atoms with Crippen LogP contribution in [0.3, 0.4) is 0 Å². The number of hydrogen-bond acceptors (Lipinski definition) is 4. The Hall–Kier alpha value is -2.69. The fourth-order valence-corrected chi connectivity index (χ4v) is 3.59. The quantitative estimate of drug-likeness (QED) is 0.833. The molecule has 1 fully saturated rings. The van der Waals surface area contributed by atoms with Crippen molar-refractivity contribution in [3.8, 4) is 11.5 Å². The normalized spacial score (nSPS) is 16.6. The van der Waals surface area contributed by atoms with Gasteiger partial charge in [-0.15, -0.1) is 0 Å². The Kier molecular flexibility index (Phi) is 4.92. The topological polar surface area (TPSA) is 42.0 Å². The average Bonchev–Trinajstić information content (AvgIpc) is 2.73. The van der Waals surface area contributed by atoms with Crippen LogP contribution in [0.2, 0.25) is 0 Å². The van der Waals surface area contributed by atoms with Crippen LogP contribution in [-0.2, 0) is 0 Å². The molecule has 2 aliphatic rings. The number of amides is 1. The van der Waals surface area contributed by atoms with E-state index < -0.39 is 0 Å². The molecule has 2 aromatic rings. The van der Waals surface area contributed by atoms with Crippen LogP contribution in [-0.4, -0.2) is 50.2 Å². The second-order valence-corrected chi connectivity index (χ2v) is 7.38. The molecule has 4 rings (SSSR count). The van der Waals surface area contributed by atoms with Gasteiger partial charge < -0.3 is 19.3 Å². The molecule has 5 nitrogen and oxygen atoms in total. The molecule has 0 unspecified atom stereocenters. The highest BCUT2D eigenvalue weighted by atomic mass is 16.6. The molecule has 5 heteroatoms. The van der Waals surface area contributed by atoms with Crippen molar-refractivity contribution in [1.29, 1.82) is 0 Å². The van der Waals surface area contributed by atoms with Gasteiger partial charge in [0.2, 0.25) is 0 Å². The van der Waals surface area contributed by atoms with Crippen LogP contribution >= 0.6 is 0 Å². The first-order valence-corrected chi connectivity index (χ1v) is 9.65. The Morgan fingerprint density at radius 1 is 0.889 bits per heavy atom. The van der Waals surface area contributed by atoms with Gasteiger partial charge in [0.25, 0.3) is 5.91 Å². The van der Waals surface area contributed by atoms with E-state index in [2.05, 4.69) is 36.9 Å². The Morgan fingerprint density at radius 2 is 1.56 bits per heavy atom. The van der Waals surface area contributed by atoms with Crippen LogP contribution in [0.5, 0.6) is 11.5 Å². The van der Waals surface area contributed by atoms with E-state index in [9.17, 15) is 4.79 Å². The molecule has 27 heavy (non-hydrogen) atoms. The molecule has 0 atom stereocenters. The molecule has 142 valence electrons. The minimum atomic E-state index is 0.118. The van der Waals surface area contributed by atoms with Crippen LogP contribution in [0.1, 0.15) is 35.7 Å². The third kappa shape index (κ3) is 3.72. The predicted octanol–water partition coefficient (Wildman–Crippen LogP) is 3.54. The smallest absolute Gasteiger partial charge is 0.253 e. The monoisotopic (exact) mass is 366 g/mol. The summed E-state index contributed by atoms with van der Waals surface area (Å²) in [6, 6.07) is 14.1. The number of carbonyl (C=O) groups excluding carboxylic acids is 1. The minimum absolute atomic E-state index is 0.118. The summed E-state index contributed by atoms with van der Waals surface area (Å²) < 4.78 is 11.3. The van der Waals surface area contributed by atoms with Gasteiger partial charge in [0, 0.05) is 43.5 Å². The maximum atomic E-state index is 12.8. The number of ether oxygens (including phenoxy) is 2. The molecule has 0 radical (unpaired) electrons. The van der Waals surface area contributed by atoms with E-state index in [1.165, 1.54) is 5.56 Å². The highest BCUT2D eigenvalue weighted by Crippen LogP contribution is 2.34. The summed E-state index contributed by atoms with van der Waals surface area (Å²) in [5.41, 5.74) is 3.15. The number of hydrogen-bond donors (Lipinski definition) is 0. The highest BCUT2D eigenvalue weighted by Gasteiger charge is 2.23. The van der Waals surface area contributed by atoms with Crippen molar-refractivity contribution >= 4 is 11.6 Å². The molecule has 0 aromatic heterocycles. The van der Waals surface area contributed by atoms with Crippen molar-refractivity contribution in [2.24, 2.45) is 0 Å². The molecule has 2 aliphatic heterocycles. The van der Waals surface area contributed by atoms with Gasteiger partial charge in [0.1, 0.15) is 13.2 Å². The van der Waals surface area contributed by atoms with Gasteiger partial charge in [-0.05, 0) is 35.7 Å². The third-order valence-corrected chi connectivity index (χ3v) is 5.28. The molecule has 0 N–H and O–H groups in total. The van der Waals surface area contributed by atoms with Crippen LogP contribution in [0.25, 0.3) is 0 Å². The van der Waals surface area contributed by atoms with Crippen molar-refractivity contribution in [3.63, 3.8) is 0 Å². The van der Waals surface area contributed by atoms with E-state index in [0.29, 0.717) is 19.1 Å². The summed E-state index contributed by atoms with van der Waals surface area (Å²) in [6.45, 7) is 8.59. The highest BCUT2D eigenvalue weighted by molar-refractivity contribution is 5.94. The van der Waals surface area contributed by atoms with Gasteiger partial charge in [-0.1, -0.05) is 26.0 Å². The molecular weight excluding hydrogens is 340 g/mol. The minimum Gasteiger partial charge on any atom is -0.486 e. The Labute approximate surface area is 160 Å². The first-order chi connectivity index (χ1) is 13.1. The first kappa shape index (κ1) is 17.7. The molecule has 0 bridgehead atoms. The Morgan fingerprint density at radius 3 is 2.22 bits per heavy atom. The number of anilines is 1. The number of rotatable bonds is 3. The van der Waals surface area contributed by atoms with Crippen LogP contribution in [0.15, 0.2) is 42.5 Å². The summed E-state index contributed by atoms with van der Waals surface area (Å²) in [4.78, 5) is 17.0. The molecular formula is C22H26N2O3. The zero-order valence-electron chi connectivity index (χ0n) is 16.0. The second-order valence-electron chi connectivity index (χ2n) is 7.38. The lowest BCUT2D eigenvalue weighted by molar-refractivity contribution is 0.0746. The standard InChI is InChI=1S/C22H26N2O3/c1-16(2)17-3-5-18(6-4-17)22(25)24-11-9-23(10-12-24)19-7-8-20-21(15-19)27-14-13-26-20/h3-8,15-16H,9-14H2,1-2H3. The number of fused-ring (bicyclic) bond motifs is 1. The van der Waals surface area contributed by atoms with Crippen molar-refractivity contribution < 1.29 is 14.3 Å². The zero-order valence-corrected chi connectivity index (χ0v) is 16.0. The number of carbonyl (C=O) groups is 1. The molecule has 0 saturated carbocycles. The lowest BCUT2D eigenvalue weighted by atomic mass is 10.0. The van der Waals surface area contributed by atoms with E-state index in [0.717, 1.165) is 48.9 Å². The van der Waals surface area contributed by atoms with Crippen molar-refractivity contribution in [3.05, 3.63) is 53.6 Å². The zero-order chi connectivity index (χ0) is 18.8. The van der Waals surface area contributed by atoms with Crippen molar-refractivity contribution in [2.45, 2.75) is 19.8 Å². The molecule has 1 saturated heterocycles. The SMILES string of the molecule is CC(C)c1ccc(C(=O)N2CCN(c3ccc4c(c3)OCCO4)CC2)cc1. The lowest BCUT2D eigenvalue weighted by Crippen LogP contribution is -2.48. The van der Waals surface area contributed by atoms with Gasteiger partial charge >= 0.3 is 0 Å². The molecule has 2 aromatic carbocycles. The predicted molar refractivity (Wildman–Crippen MR) is 106 cm³/mol. The summed E-state index contributed by atoms with van der Waals surface area (Å²) in [7, 11) is 0. The Bertz CT molecular complexity index is 809. The summed E-state index contributed by atoms with van der Waals surface area (Å²) in [5.74, 6) is 2.21. The molecule has 1 amide bonds. The fraction of sp³-hybridized carbons (Fsp3) is 0.409. The van der Waals surface area contributed by atoms with Gasteiger partial charge in [0.05, 0.1) is 0 Å². The van der Waals surface area contributed by atoms with E-state index in [1.807, 2.05) is 29.2 Å². The lowest BCUT2D eigenvalue weighted by Gasteiger charge is -2.36. The van der Waals surface area contributed by atoms with Crippen molar-refractivity contribution in [1.82, 2.24) is 4.90 Å². The maximum absolute atomic E-state index is 12.8. The molecule has 0 aliphatic carbocycles. The largest absolute Gasteiger partial charge is 0.486 e. The van der Waals surface area contributed by atoms with Crippen LogP contribution in [0.4, 0.5) is 5.69 Å². The van der Waals surface area contributed by atoms with Crippen LogP contribution in [0, 0.1) is 0 Å². The van der Waals surface area contributed by atoms with Crippen molar-refractivity contribution in [2.75, 3.05) is 44.3 Å². The van der Waals surface area contributed by atoms with Gasteiger partial charge in [-0.25, -0.2) is 0 Å². The number of benzene rings is 2. The molecule has 0 spiro atoms. The second kappa shape index (κ2) is 7.51. The summed E-state index contributed by atoms with van der Waals surface area (Å²) in [5, 5.41) is 0. The van der Waals surface area contributed by atoms with Gasteiger partial charge in [-0.3, -0.25) is 4.79 Å². The van der Waals surface area contributed by atoms with E-state index in [1.54, 1.807) is 0 Å². The average molecular weight is 366 g/mol.